The first-order valence-electron chi connectivity index (χ1n) is 8.90. The molecule has 1 atom stereocenters. The van der Waals surface area contributed by atoms with Gasteiger partial charge in [-0.3, -0.25) is 4.79 Å². The Labute approximate surface area is 151 Å². The topological polar surface area (TPSA) is 66.5 Å². The second-order valence-corrected chi connectivity index (χ2v) is 9.78. The van der Waals surface area contributed by atoms with Gasteiger partial charge in [0.2, 0.25) is 15.9 Å². The van der Waals surface area contributed by atoms with Gasteiger partial charge in [0, 0.05) is 25.0 Å². The van der Waals surface area contributed by atoms with Crippen LogP contribution in [0.15, 0.2) is 30.3 Å². The second kappa shape index (κ2) is 7.87. The molecule has 1 aromatic rings. The highest BCUT2D eigenvalue weighted by Gasteiger charge is 2.30. The van der Waals surface area contributed by atoms with Crippen LogP contribution in [0.1, 0.15) is 45.6 Å². The minimum Gasteiger partial charge on any atom is -0.353 e. The Balaban J connectivity index is 1.87. The zero-order valence-corrected chi connectivity index (χ0v) is 16.5. The van der Waals surface area contributed by atoms with E-state index in [0.29, 0.717) is 25.9 Å². The van der Waals surface area contributed by atoms with Crippen LogP contribution >= 0.6 is 0 Å². The SMILES string of the molecule is C[C@@H](CC(C)(C)c1ccccc1)NC(=O)C1CCN(S(C)(=O)=O)CC1. The van der Waals surface area contributed by atoms with Crippen molar-refractivity contribution in [3.63, 3.8) is 0 Å². The van der Waals surface area contributed by atoms with Crippen molar-refractivity contribution in [1.82, 2.24) is 9.62 Å². The van der Waals surface area contributed by atoms with Crippen molar-refractivity contribution in [2.24, 2.45) is 5.92 Å². The van der Waals surface area contributed by atoms with E-state index in [9.17, 15) is 13.2 Å². The molecule has 1 aliphatic rings. The quantitative estimate of drug-likeness (QED) is 0.841. The number of sulfonamides is 1. The van der Waals surface area contributed by atoms with Gasteiger partial charge in [0.05, 0.1) is 6.26 Å². The highest BCUT2D eigenvalue weighted by atomic mass is 32.2. The molecule has 5 nitrogen and oxygen atoms in total. The zero-order chi connectivity index (χ0) is 18.7. The number of carbonyl (C=O) groups excluding carboxylic acids is 1. The van der Waals surface area contributed by atoms with Crippen molar-refractivity contribution < 1.29 is 13.2 Å². The van der Waals surface area contributed by atoms with Gasteiger partial charge in [-0.05, 0) is 37.2 Å². The molecule has 0 saturated carbocycles. The van der Waals surface area contributed by atoms with Crippen molar-refractivity contribution in [2.75, 3.05) is 19.3 Å². The van der Waals surface area contributed by atoms with Gasteiger partial charge < -0.3 is 5.32 Å². The average molecular weight is 367 g/mol. The van der Waals surface area contributed by atoms with Crippen molar-refractivity contribution >= 4 is 15.9 Å². The summed E-state index contributed by atoms with van der Waals surface area (Å²) in [6.07, 6.45) is 3.26. The molecule has 1 aliphatic heterocycles. The van der Waals surface area contributed by atoms with Gasteiger partial charge in [-0.25, -0.2) is 12.7 Å². The van der Waals surface area contributed by atoms with Gasteiger partial charge in [0.1, 0.15) is 0 Å². The first-order chi connectivity index (χ1) is 11.6. The predicted molar refractivity (Wildman–Crippen MR) is 101 cm³/mol. The van der Waals surface area contributed by atoms with Gasteiger partial charge in [-0.2, -0.15) is 0 Å². The molecular weight excluding hydrogens is 336 g/mol. The van der Waals surface area contributed by atoms with Crippen molar-refractivity contribution in [3.05, 3.63) is 35.9 Å². The van der Waals surface area contributed by atoms with Crippen molar-refractivity contribution in [2.45, 2.75) is 51.5 Å². The predicted octanol–water partition coefficient (Wildman–Crippen LogP) is 2.53. The van der Waals surface area contributed by atoms with Crippen LogP contribution in [0.3, 0.4) is 0 Å². The van der Waals surface area contributed by atoms with Crippen LogP contribution in [-0.2, 0) is 20.2 Å². The fraction of sp³-hybridized carbons (Fsp3) is 0.632. The molecule has 1 heterocycles. The molecule has 2 rings (SSSR count). The summed E-state index contributed by atoms with van der Waals surface area (Å²) < 4.78 is 24.6. The number of amides is 1. The first-order valence-corrected chi connectivity index (χ1v) is 10.8. The molecular formula is C19H30N2O3S. The molecule has 1 fully saturated rings. The lowest BCUT2D eigenvalue weighted by Crippen LogP contribution is -2.45. The third-order valence-corrected chi connectivity index (χ3v) is 6.36. The van der Waals surface area contributed by atoms with E-state index in [0.717, 1.165) is 6.42 Å². The lowest BCUT2D eigenvalue weighted by atomic mass is 9.79. The Bertz CT molecular complexity index is 678. The minimum atomic E-state index is -3.15. The van der Waals surface area contributed by atoms with Crippen LogP contribution in [0, 0.1) is 5.92 Å². The Kier molecular flexibility index (Phi) is 6.27. The second-order valence-electron chi connectivity index (χ2n) is 7.80. The summed E-state index contributed by atoms with van der Waals surface area (Å²) in [5.41, 5.74) is 1.24. The number of benzene rings is 1. The van der Waals surface area contributed by atoms with E-state index in [1.807, 2.05) is 25.1 Å². The molecule has 1 aromatic carbocycles. The molecule has 0 radical (unpaired) electrons. The number of nitrogens with zero attached hydrogens (tertiary/aromatic N) is 1. The summed E-state index contributed by atoms with van der Waals surface area (Å²) in [4.78, 5) is 12.5. The molecule has 6 heteroatoms. The van der Waals surface area contributed by atoms with Crippen LogP contribution in [0.2, 0.25) is 0 Å². The normalized spacial score (nSPS) is 18.7. The van der Waals surface area contributed by atoms with E-state index in [1.165, 1.54) is 16.1 Å². The summed E-state index contributed by atoms with van der Waals surface area (Å²) in [7, 11) is -3.15. The van der Waals surface area contributed by atoms with E-state index in [2.05, 4.69) is 31.3 Å². The number of piperidine rings is 1. The number of nitrogens with one attached hydrogen (secondary N) is 1. The fourth-order valence-electron chi connectivity index (χ4n) is 3.63. The largest absolute Gasteiger partial charge is 0.353 e. The Morgan fingerprint density at radius 2 is 1.80 bits per heavy atom. The van der Waals surface area contributed by atoms with Gasteiger partial charge >= 0.3 is 0 Å². The van der Waals surface area contributed by atoms with Crippen LogP contribution in [-0.4, -0.2) is 44.0 Å². The van der Waals surface area contributed by atoms with Gasteiger partial charge in [-0.1, -0.05) is 44.2 Å². The molecule has 1 saturated heterocycles. The Morgan fingerprint density at radius 1 is 1.24 bits per heavy atom. The lowest BCUT2D eigenvalue weighted by Gasteiger charge is -2.32. The number of carbonyl (C=O) groups is 1. The Morgan fingerprint density at radius 3 is 2.32 bits per heavy atom. The third kappa shape index (κ3) is 5.54. The van der Waals surface area contributed by atoms with Crippen molar-refractivity contribution in [3.8, 4) is 0 Å². The molecule has 0 spiro atoms. The maximum absolute atomic E-state index is 12.5. The van der Waals surface area contributed by atoms with E-state index >= 15 is 0 Å². The average Bonchev–Trinajstić information content (AvgIpc) is 2.54. The molecule has 1 amide bonds. The highest BCUT2D eigenvalue weighted by Crippen LogP contribution is 2.28. The summed E-state index contributed by atoms with van der Waals surface area (Å²) in [6.45, 7) is 7.28. The molecule has 0 bridgehead atoms. The molecule has 140 valence electrons. The van der Waals surface area contributed by atoms with Crippen LogP contribution in [0.25, 0.3) is 0 Å². The number of hydrogen-bond donors (Lipinski definition) is 1. The standard InChI is InChI=1S/C19H30N2O3S/c1-15(14-19(2,3)17-8-6-5-7-9-17)20-18(22)16-10-12-21(13-11-16)25(4,23)24/h5-9,15-16H,10-14H2,1-4H3,(H,20,22)/t15-/m0/s1. The molecule has 25 heavy (non-hydrogen) atoms. The summed E-state index contributed by atoms with van der Waals surface area (Å²) in [6, 6.07) is 10.4. The van der Waals surface area contributed by atoms with Gasteiger partial charge in [0.25, 0.3) is 0 Å². The van der Waals surface area contributed by atoms with E-state index < -0.39 is 10.0 Å². The van der Waals surface area contributed by atoms with Gasteiger partial charge in [0.15, 0.2) is 0 Å². The smallest absolute Gasteiger partial charge is 0.223 e. The third-order valence-electron chi connectivity index (χ3n) is 5.05. The monoisotopic (exact) mass is 366 g/mol. The molecule has 0 aliphatic carbocycles. The summed E-state index contributed by atoms with van der Waals surface area (Å²) in [5, 5.41) is 3.12. The van der Waals surface area contributed by atoms with E-state index in [-0.39, 0.29) is 23.3 Å². The van der Waals surface area contributed by atoms with Crippen LogP contribution in [0.5, 0.6) is 0 Å². The lowest BCUT2D eigenvalue weighted by molar-refractivity contribution is -0.126. The first kappa shape index (κ1) is 19.9. The van der Waals surface area contributed by atoms with Crippen LogP contribution < -0.4 is 5.32 Å². The number of rotatable bonds is 6. The van der Waals surface area contributed by atoms with E-state index in [4.69, 9.17) is 0 Å². The van der Waals surface area contributed by atoms with E-state index in [1.54, 1.807) is 0 Å². The zero-order valence-electron chi connectivity index (χ0n) is 15.7. The minimum absolute atomic E-state index is 0.0202. The Hall–Kier alpha value is -1.40. The fourth-order valence-corrected chi connectivity index (χ4v) is 4.51. The molecule has 0 unspecified atom stereocenters. The maximum atomic E-state index is 12.5. The van der Waals surface area contributed by atoms with Gasteiger partial charge in [-0.15, -0.1) is 0 Å². The van der Waals surface area contributed by atoms with Crippen LogP contribution in [0.4, 0.5) is 0 Å². The molecule has 0 aromatic heterocycles. The highest BCUT2D eigenvalue weighted by molar-refractivity contribution is 7.88. The van der Waals surface area contributed by atoms with Crippen molar-refractivity contribution in [1.29, 1.82) is 0 Å². The molecule has 1 N–H and O–H groups in total. The number of hydrogen-bond acceptors (Lipinski definition) is 3. The maximum Gasteiger partial charge on any atom is 0.223 e. The summed E-state index contributed by atoms with van der Waals surface area (Å²) in [5.74, 6) is -0.0511. The summed E-state index contributed by atoms with van der Waals surface area (Å²) >= 11 is 0.